The van der Waals surface area contributed by atoms with Gasteiger partial charge >= 0.3 is 0 Å². The number of benzene rings is 1. The summed E-state index contributed by atoms with van der Waals surface area (Å²) in [6.45, 7) is 5.42. The summed E-state index contributed by atoms with van der Waals surface area (Å²) < 4.78 is 5.84. The molecule has 1 aromatic carbocycles. The van der Waals surface area contributed by atoms with Gasteiger partial charge < -0.3 is 9.32 Å². The number of likely N-dealkylation sites (tertiary alicyclic amines) is 1. The first-order valence-corrected chi connectivity index (χ1v) is 10.3. The van der Waals surface area contributed by atoms with Gasteiger partial charge in [-0.05, 0) is 30.9 Å². The summed E-state index contributed by atoms with van der Waals surface area (Å²) in [5.74, 6) is 1.17. The van der Waals surface area contributed by atoms with E-state index in [1.165, 1.54) is 11.1 Å². The quantitative estimate of drug-likeness (QED) is 0.659. The van der Waals surface area contributed by atoms with E-state index in [9.17, 15) is 4.79 Å². The average Bonchev–Trinajstić information content (AvgIpc) is 3.44. The van der Waals surface area contributed by atoms with Gasteiger partial charge in [0.1, 0.15) is 5.69 Å². The van der Waals surface area contributed by atoms with E-state index in [0.29, 0.717) is 30.6 Å². The number of amides is 1. The van der Waals surface area contributed by atoms with Crippen molar-refractivity contribution in [3.8, 4) is 11.6 Å². The molecule has 0 N–H and O–H groups in total. The minimum atomic E-state index is 0.0655. The lowest BCUT2D eigenvalue weighted by Crippen LogP contribution is -2.41. The molecule has 0 unspecified atom stereocenters. The fourth-order valence-electron chi connectivity index (χ4n) is 4.17. The van der Waals surface area contributed by atoms with Crippen LogP contribution in [-0.4, -0.2) is 62.1 Å². The maximum absolute atomic E-state index is 12.9. The maximum atomic E-state index is 12.9. The fraction of sp³-hybridized carbons (Fsp3) is 0.409. The predicted octanol–water partition coefficient (Wildman–Crippen LogP) is 2.21. The van der Waals surface area contributed by atoms with Crippen molar-refractivity contribution in [2.75, 3.05) is 26.2 Å². The molecular weight excluding hydrogens is 380 g/mol. The van der Waals surface area contributed by atoms with E-state index in [4.69, 9.17) is 4.42 Å². The molecule has 1 fully saturated rings. The van der Waals surface area contributed by atoms with Crippen molar-refractivity contribution >= 4 is 5.91 Å². The number of hydrogen-bond donors (Lipinski definition) is 0. The molecule has 8 heteroatoms. The van der Waals surface area contributed by atoms with Crippen LogP contribution < -0.4 is 0 Å². The lowest BCUT2D eigenvalue weighted by atomic mass is 10.00. The van der Waals surface area contributed by atoms with E-state index >= 15 is 0 Å². The highest BCUT2D eigenvalue weighted by atomic mass is 16.4. The summed E-state index contributed by atoms with van der Waals surface area (Å²) in [5, 5.41) is 8.31. The van der Waals surface area contributed by atoms with Crippen LogP contribution in [0, 0.1) is 6.92 Å². The van der Waals surface area contributed by atoms with E-state index < -0.39 is 0 Å². The first-order valence-electron chi connectivity index (χ1n) is 10.3. The summed E-state index contributed by atoms with van der Waals surface area (Å²) in [4.78, 5) is 25.5. The molecule has 0 radical (unpaired) electrons. The minimum absolute atomic E-state index is 0.0655. The molecule has 30 heavy (non-hydrogen) atoms. The maximum Gasteiger partial charge on any atom is 0.267 e. The largest absolute Gasteiger partial charge is 0.419 e. The average molecular weight is 404 g/mol. The second kappa shape index (κ2) is 7.95. The van der Waals surface area contributed by atoms with Gasteiger partial charge in [-0.1, -0.05) is 24.3 Å². The van der Waals surface area contributed by atoms with Crippen LogP contribution in [0.3, 0.4) is 0 Å². The summed E-state index contributed by atoms with van der Waals surface area (Å²) in [7, 11) is 0. The van der Waals surface area contributed by atoms with Crippen molar-refractivity contribution in [2.24, 2.45) is 0 Å². The van der Waals surface area contributed by atoms with Crippen LogP contribution in [0.15, 0.2) is 41.1 Å². The number of rotatable bonds is 4. The van der Waals surface area contributed by atoms with Crippen molar-refractivity contribution in [1.29, 1.82) is 0 Å². The Morgan fingerprint density at radius 1 is 1.13 bits per heavy atom. The normalized spacial score (nSPS) is 19.1. The van der Waals surface area contributed by atoms with Gasteiger partial charge in [0.2, 0.25) is 11.8 Å². The molecule has 0 bridgehead atoms. The van der Waals surface area contributed by atoms with E-state index in [1.807, 2.05) is 11.8 Å². The lowest BCUT2D eigenvalue weighted by Gasteiger charge is -2.29. The van der Waals surface area contributed by atoms with Gasteiger partial charge in [-0.15, -0.1) is 10.2 Å². The van der Waals surface area contributed by atoms with Crippen LogP contribution in [0.4, 0.5) is 0 Å². The Labute approximate surface area is 175 Å². The fourth-order valence-corrected chi connectivity index (χ4v) is 4.17. The van der Waals surface area contributed by atoms with E-state index in [-0.39, 0.29) is 11.8 Å². The van der Waals surface area contributed by atoms with Gasteiger partial charge in [-0.25, -0.2) is 4.98 Å². The molecule has 0 saturated carbocycles. The van der Waals surface area contributed by atoms with E-state index in [1.54, 1.807) is 12.4 Å². The van der Waals surface area contributed by atoms with Crippen LogP contribution in [0.25, 0.3) is 11.6 Å². The van der Waals surface area contributed by atoms with Crippen molar-refractivity contribution in [3.63, 3.8) is 0 Å². The first-order chi connectivity index (χ1) is 14.7. The highest BCUT2D eigenvalue weighted by Gasteiger charge is 2.32. The molecule has 4 heterocycles. The molecular formula is C22H24N6O2. The van der Waals surface area contributed by atoms with E-state index in [2.05, 4.69) is 49.3 Å². The number of carbonyl (C=O) groups excluding carboxylic acids is 1. The monoisotopic (exact) mass is 404 g/mol. The zero-order valence-corrected chi connectivity index (χ0v) is 17.0. The van der Waals surface area contributed by atoms with Crippen molar-refractivity contribution in [3.05, 3.63) is 59.4 Å². The van der Waals surface area contributed by atoms with E-state index in [0.717, 1.165) is 38.2 Å². The molecule has 3 aromatic rings. The number of carbonyl (C=O) groups is 1. The molecule has 154 valence electrons. The van der Waals surface area contributed by atoms with Crippen LogP contribution in [0.5, 0.6) is 0 Å². The molecule has 1 atom stereocenters. The van der Waals surface area contributed by atoms with Crippen LogP contribution >= 0.6 is 0 Å². The third-order valence-electron chi connectivity index (χ3n) is 5.90. The summed E-state index contributed by atoms with van der Waals surface area (Å²) in [6.07, 6.45) is 5.14. The highest BCUT2D eigenvalue weighted by Crippen LogP contribution is 2.28. The Balaban J connectivity index is 1.19. The molecule has 0 spiro atoms. The molecule has 1 amide bonds. The number of nitrogens with zero attached hydrogens (tertiary/aromatic N) is 6. The zero-order valence-electron chi connectivity index (χ0n) is 17.0. The molecule has 0 aliphatic carbocycles. The number of fused-ring (bicyclic) bond motifs is 1. The van der Waals surface area contributed by atoms with Crippen molar-refractivity contribution in [2.45, 2.75) is 32.2 Å². The summed E-state index contributed by atoms with van der Waals surface area (Å²) in [6, 6.07) is 8.48. The summed E-state index contributed by atoms with van der Waals surface area (Å²) in [5.41, 5.74) is 4.12. The van der Waals surface area contributed by atoms with Gasteiger partial charge in [-0.2, -0.15) is 0 Å². The second-order valence-corrected chi connectivity index (χ2v) is 8.04. The van der Waals surface area contributed by atoms with Crippen molar-refractivity contribution < 1.29 is 9.21 Å². The molecule has 2 aromatic heterocycles. The molecule has 2 aliphatic rings. The van der Waals surface area contributed by atoms with Gasteiger partial charge in [0, 0.05) is 32.4 Å². The third-order valence-corrected chi connectivity index (χ3v) is 5.90. The Morgan fingerprint density at radius 3 is 2.83 bits per heavy atom. The summed E-state index contributed by atoms with van der Waals surface area (Å²) >= 11 is 0. The Bertz CT molecular complexity index is 1050. The predicted molar refractivity (Wildman–Crippen MR) is 109 cm³/mol. The van der Waals surface area contributed by atoms with Crippen molar-refractivity contribution in [1.82, 2.24) is 30.0 Å². The Hall–Kier alpha value is -3.13. The van der Waals surface area contributed by atoms with Gasteiger partial charge in [0.25, 0.3) is 5.89 Å². The number of aryl methyl sites for hydroxylation is 1. The SMILES string of the molecule is Cc1cnc(-c2nnc([C@H]3CCN(C(=O)CN4CCc5ccccc5C4)C3)o2)cn1. The highest BCUT2D eigenvalue weighted by molar-refractivity contribution is 5.78. The minimum Gasteiger partial charge on any atom is -0.419 e. The molecule has 1 saturated heterocycles. The van der Waals surface area contributed by atoms with Crippen LogP contribution in [-0.2, 0) is 17.8 Å². The zero-order chi connectivity index (χ0) is 20.5. The molecule has 2 aliphatic heterocycles. The second-order valence-electron chi connectivity index (χ2n) is 8.04. The van der Waals surface area contributed by atoms with Gasteiger partial charge in [0.15, 0.2) is 0 Å². The standard InChI is InChI=1S/C22H24N6O2/c1-15-10-24-19(11-23-15)22-26-25-21(30-22)18-7-9-28(13-18)20(29)14-27-8-6-16-4-2-3-5-17(16)12-27/h2-5,10-11,18H,6-9,12-14H2,1H3/t18-/m0/s1. The molecule has 5 rings (SSSR count). The lowest BCUT2D eigenvalue weighted by molar-refractivity contribution is -0.131. The van der Waals surface area contributed by atoms with Crippen LogP contribution in [0.2, 0.25) is 0 Å². The van der Waals surface area contributed by atoms with Gasteiger partial charge in [-0.3, -0.25) is 14.7 Å². The molecule has 8 nitrogen and oxygen atoms in total. The van der Waals surface area contributed by atoms with Crippen LogP contribution in [0.1, 0.15) is 35.1 Å². The first kappa shape index (κ1) is 18.9. The smallest absolute Gasteiger partial charge is 0.267 e. The number of hydrogen-bond acceptors (Lipinski definition) is 7. The number of aromatic nitrogens is 4. The Kier molecular flexibility index (Phi) is 5.00. The van der Waals surface area contributed by atoms with Gasteiger partial charge in [0.05, 0.1) is 24.4 Å². The Morgan fingerprint density at radius 2 is 2.00 bits per heavy atom. The third kappa shape index (κ3) is 3.82. The topological polar surface area (TPSA) is 88.3 Å².